The Labute approximate surface area is 236 Å². The molecule has 0 amide bonds. The second kappa shape index (κ2) is 8.33. The minimum atomic E-state index is 0.0649. The van der Waals surface area contributed by atoms with Gasteiger partial charge in [-0.2, -0.15) is 0 Å². The van der Waals surface area contributed by atoms with E-state index in [9.17, 15) is 0 Å². The van der Waals surface area contributed by atoms with E-state index in [0.29, 0.717) is 0 Å². The lowest BCUT2D eigenvalue weighted by Gasteiger charge is -2.27. The first-order valence-electron chi connectivity index (χ1n) is 14.4. The summed E-state index contributed by atoms with van der Waals surface area (Å²) in [5, 5.41) is 7.33. The molecule has 2 aromatic heterocycles. The molecule has 0 saturated carbocycles. The zero-order valence-corrected chi connectivity index (χ0v) is 25.0. The Bertz CT molecular complexity index is 2010. The number of benzene rings is 4. The highest BCUT2D eigenvalue weighted by Gasteiger charge is 2.36. The molecule has 6 aromatic rings. The van der Waals surface area contributed by atoms with Gasteiger partial charge in [-0.3, -0.25) is 0 Å². The number of aryl methyl sites for hydroxylation is 2. The zero-order valence-electron chi connectivity index (χ0n) is 25.0. The Hall–Kier alpha value is -3.85. The molecule has 202 valence electrons. The van der Waals surface area contributed by atoms with Crippen LogP contribution >= 0.6 is 0 Å². The van der Waals surface area contributed by atoms with Crippen molar-refractivity contribution >= 4 is 43.5 Å². The van der Waals surface area contributed by atoms with Gasteiger partial charge in [0.2, 0.25) is 5.69 Å². The average molecular weight is 529 g/mol. The van der Waals surface area contributed by atoms with E-state index in [2.05, 4.69) is 121 Å². The Morgan fingerprint density at radius 3 is 2.23 bits per heavy atom. The summed E-state index contributed by atoms with van der Waals surface area (Å²) in [6, 6.07) is 19.7. The third kappa shape index (κ3) is 3.74. The van der Waals surface area contributed by atoms with Crippen molar-refractivity contribution in [2.45, 2.75) is 61.3 Å². The molecule has 0 spiro atoms. The third-order valence-corrected chi connectivity index (χ3v) is 8.32. The van der Waals surface area contributed by atoms with Gasteiger partial charge in [0.15, 0.2) is 6.20 Å². The minimum Gasteiger partial charge on any atom is -0.456 e. The fourth-order valence-corrected chi connectivity index (χ4v) is 6.82. The Morgan fingerprint density at radius 2 is 1.48 bits per heavy atom. The lowest BCUT2D eigenvalue weighted by atomic mass is 9.82. The van der Waals surface area contributed by atoms with Crippen LogP contribution in [0.15, 0.2) is 65.2 Å². The van der Waals surface area contributed by atoms with Crippen LogP contribution in [0.3, 0.4) is 0 Å². The maximum Gasteiger partial charge on any atom is 0.228 e. The first-order valence-corrected chi connectivity index (χ1v) is 14.4. The van der Waals surface area contributed by atoms with Crippen molar-refractivity contribution in [3.05, 3.63) is 77.5 Å². The Kier molecular flexibility index (Phi) is 5.24. The standard InChI is InChI=1S/C37H38NO2/c1-21-30-33-32-24(16-17-38(33)8)23-14-11-12-22(19-36(2,3)4)26(23)18-29(32)40-35(30)27(20-37(5,6)7)31-25-13-9-10-15-28(25)39-34(21)31/h9-18H,19-20H2,1-8H3/q+1. The van der Waals surface area contributed by atoms with Crippen molar-refractivity contribution in [3.63, 3.8) is 0 Å². The Balaban J connectivity index is 1.64. The molecule has 1 aliphatic rings. The summed E-state index contributed by atoms with van der Waals surface area (Å²) in [5.41, 5.74) is 8.24. The molecule has 0 N–H and O–H groups in total. The van der Waals surface area contributed by atoms with Gasteiger partial charge in [-0.25, -0.2) is 4.57 Å². The largest absolute Gasteiger partial charge is 0.456 e. The fraction of sp³-hybridized carbons (Fsp3) is 0.324. The topological polar surface area (TPSA) is 26.2 Å². The highest BCUT2D eigenvalue weighted by atomic mass is 16.5. The summed E-state index contributed by atoms with van der Waals surface area (Å²) in [4.78, 5) is 0. The number of para-hydroxylation sites is 1. The summed E-state index contributed by atoms with van der Waals surface area (Å²) in [7, 11) is 2.15. The Morgan fingerprint density at radius 1 is 0.750 bits per heavy atom. The van der Waals surface area contributed by atoms with E-state index in [4.69, 9.17) is 9.15 Å². The van der Waals surface area contributed by atoms with E-state index in [1.165, 1.54) is 43.8 Å². The molecule has 40 heavy (non-hydrogen) atoms. The van der Waals surface area contributed by atoms with Crippen LogP contribution in [0.25, 0.3) is 54.7 Å². The zero-order chi connectivity index (χ0) is 28.1. The SMILES string of the molecule is Cc1c2c(c(CC(C)(C)C)c3c1oc1ccccc13)Oc1cc3c(CC(C)(C)C)cccc3c3cc[n+](C)c-2c13. The van der Waals surface area contributed by atoms with Gasteiger partial charge in [0.05, 0.1) is 10.9 Å². The normalized spacial score (nSPS) is 13.4. The minimum absolute atomic E-state index is 0.0649. The molecule has 0 bridgehead atoms. The van der Waals surface area contributed by atoms with Gasteiger partial charge in [0.1, 0.15) is 29.7 Å². The molecule has 3 heteroatoms. The van der Waals surface area contributed by atoms with Crippen molar-refractivity contribution in [2.24, 2.45) is 17.9 Å². The van der Waals surface area contributed by atoms with Crippen molar-refractivity contribution in [1.82, 2.24) is 0 Å². The molecule has 3 nitrogen and oxygen atoms in total. The van der Waals surface area contributed by atoms with Crippen molar-refractivity contribution < 1.29 is 13.7 Å². The quantitative estimate of drug-likeness (QED) is 0.165. The number of rotatable bonds is 2. The molecule has 0 aliphatic carbocycles. The summed E-state index contributed by atoms with van der Waals surface area (Å²) >= 11 is 0. The van der Waals surface area contributed by atoms with Gasteiger partial charge in [0.25, 0.3) is 0 Å². The van der Waals surface area contributed by atoms with Crippen molar-refractivity contribution in [2.75, 3.05) is 0 Å². The van der Waals surface area contributed by atoms with E-state index in [1.54, 1.807) is 0 Å². The van der Waals surface area contributed by atoms with Gasteiger partial charge in [-0.1, -0.05) is 77.9 Å². The van der Waals surface area contributed by atoms with E-state index in [0.717, 1.165) is 52.0 Å². The molecule has 0 saturated heterocycles. The second-order valence-electron chi connectivity index (χ2n) is 14.1. The van der Waals surface area contributed by atoms with Crippen LogP contribution in [0, 0.1) is 17.8 Å². The van der Waals surface area contributed by atoms with Crippen molar-refractivity contribution in [1.29, 1.82) is 0 Å². The van der Waals surface area contributed by atoms with Crippen LogP contribution in [0.1, 0.15) is 58.2 Å². The van der Waals surface area contributed by atoms with E-state index in [1.807, 2.05) is 0 Å². The molecule has 0 unspecified atom stereocenters. The first kappa shape index (κ1) is 25.1. The molecule has 0 atom stereocenters. The van der Waals surface area contributed by atoms with E-state index >= 15 is 0 Å². The number of hydrogen-bond acceptors (Lipinski definition) is 2. The fourth-order valence-electron chi connectivity index (χ4n) is 6.82. The number of pyridine rings is 1. The number of aromatic nitrogens is 1. The van der Waals surface area contributed by atoms with Gasteiger partial charge in [0, 0.05) is 33.4 Å². The van der Waals surface area contributed by atoms with Crippen LogP contribution in [0.2, 0.25) is 0 Å². The molecule has 0 fully saturated rings. The number of fused-ring (bicyclic) bond motifs is 7. The van der Waals surface area contributed by atoms with Gasteiger partial charge in [-0.05, 0) is 59.1 Å². The van der Waals surface area contributed by atoms with Crippen LogP contribution in [-0.2, 0) is 19.9 Å². The highest BCUT2D eigenvalue weighted by molar-refractivity contribution is 6.18. The molecular formula is C37H38NO2+. The predicted molar refractivity (Wildman–Crippen MR) is 166 cm³/mol. The smallest absolute Gasteiger partial charge is 0.228 e. The molecule has 7 rings (SSSR count). The number of ether oxygens (including phenoxy) is 1. The van der Waals surface area contributed by atoms with E-state index in [-0.39, 0.29) is 10.8 Å². The highest BCUT2D eigenvalue weighted by Crippen LogP contribution is 2.54. The van der Waals surface area contributed by atoms with Crippen LogP contribution in [0.5, 0.6) is 11.5 Å². The maximum absolute atomic E-state index is 7.13. The van der Waals surface area contributed by atoms with Crippen LogP contribution in [0.4, 0.5) is 0 Å². The second-order valence-corrected chi connectivity index (χ2v) is 14.1. The molecule has 3 heterocycles. The van der Waals surface area contributed by atoms with Gasteiger partial charge < -0.3 is 9.15 Å². The van der Waals surface area contributed by atoms with Gasteiger partial charge in [-0.15, -0.1) is 0 Å². The lowest BCUT2D eigenvalue weighted by Crippen LogP contribution is -2.32. The molecule has 4 aromatic carbocycles. The van der Waals surface area contributed by atoms with Crippen molar-refractivity contribution in [3.8, 4) is 22.8 Å². The number of hydrogen-bond donors (Lipinski definition) is 0. The number of furan rings is 1. The monoisotopic (exact) mass is 528 g/mol. The third-order valence-electron chi connectivity index (χ3n) is 8.32. The summed E-state index contributed by atoms with van der Waals surface area (Å²) in [6.45, 7) is 16.0. The summed E-state index contributed by atoms with van der Waals surface area (Å²) in [5.74, 6) is 1.93. The van der Waals surface area contributed by atoms with Crippen LogP contribution < -0.4 is 9.30 Å². The summed E-state index contributed by atoms with van der Waals surface area (Å²) < 4.78 is 16.0. The number of nitrogens with zero attached hydrogens (tertiary/aromatic N) is 1. The molecule has 0 radical (unpaired) electrons. The average Bonchev–Trinajstić information content (AvgIpc) is 3.27. The summed E-state index contributed by atoms with van der Waals surface area (Å²) in [6.07, 6.45) is 4.10. The molecular weight excluding hydrogens is 490 g/mol. The molecule has 1 aliphatic heterocycles. The lowest BCUT2D eigenvalue weighted by molar-refractivity contribution is -0.659. The van der Waals surface area contributed by atoms with Gasteiger partial charge >= 0.3 is 0 Å². The first-order chi connectivity index (χ1) is 18.9. The maximum atomic E-state index is 7.13. The van der Waals surface area contributed by atoms with E-state index < -0.39 is 0 Å². The predicted octanol–water partition coefficient (Wildman–Crippen LogP) is 9.98. The van der Waals surface area contributed by atoms with Crippen LogP contribution in [-0.4, -0.2) is 0 Å².